The molecule has 3 aromatic carbocycles. The van der Waals surface area contributed by atoms with Crippen LogP contribution < -0.4 is 16.2 Å². The van der Waals surface area contributed by atoms with E-state index in [0.717, 1.165) is 15.8 Å². The zero-order chi connectivity index (χ0) is 22.2. The zero-order valence-corrected chi connectivity index (χ0v) is 17.8. The van der Waals surface area contributed by atoms with Gasteiger partial charge in [-0.05, 0) is 49.4 Å². The molecule has 7 nitrogen and oxygen atoms in total. The summed E-state index contributed by atoms with van der Waals surface area (Å²) >= 11 is 1.39. The molecule has 0 aliphatic heterocycles. The molecule has 2 heterocycles. The first-order chi connectivity index (χ1) is 15.5. The van der Waals surface area contributed by atoms with Crippen LogP contribution in [0.1, 0.15) is 6.92 Å². The minimum absolute atomic E-state index is 0.270. The van der Waals surface area contributed by atoms with Crippen molar-refractivity contribution in [2.75, 3.05) is 11.9 Å². The molecule has 9 heteroatoms. The molecule has 0 atom stereocenters. The number of fused-ring (bicyclic) bond motifs is 6. The molecule has 32 heavy (non-hydrogen) atoms. The maximum absolute atomic E-state index is 14.0. The molecule has 2 aromatic heterocycles. The van der Waals surface area contributed by atoms with Crippen molar-refractivity contribution in [2.24, 2.45) is 0 Å². The molecule has 5 rings (SSSR count). The maximum Gasteiger partial charge on any atom is 0.319 e. The Morgan fingerprint density at radius 2 is 2.00 bits per heavy atom. The van der Waals surface area contributed by atoms with Gasteiger partial charge in [0.25, 0.3) is 5.56 Å². The van der Waals surface area contributed by atoms with Gasteiger partial charge in [0.1, 0.15) is 5.82 Å². The van der Waals surface area contributed by atoms with Crippen LogP contribution in [0.15, 0.2) is 69.6 Å². The van der Waals surface area contributed by atoms with Gasteiger partial charge < -0.3 is 20.6 Å². The molecule has 0 aliphatic carbocycles. The van der Waals surface area contributed by atoms with Crippen molar-refractivity contribution < 1.29 is 9.18 Å². The van der Waals surface area contributed by atoms with Gasteiger partial charge >= 0.3 is 6.03 Å². The van der Waals surface area contributed by atoms with Crippen LogP contribution in [-0.2, 0) is 0 Å². The molecule has 0 bridgehead atoms. The minimum Gasteiger partial charge on any atom is -0.338 e. The van der Waals surface area contributed by atoms with E-state index in [1.54, 1.807) is 24.4 Å². The Morgan fingerprint density at radius 1 is 1.12 bits per heavy atom. The number of nitrogens with zero attached hydrogens (tertiary/aromatic N) is 1. The lowest BCUT2D eigenvalue weighted by Gasteiger charge is -2.07. The first-order valence-electron chi connectivity index (χ1n) is 9.98. The van der Waals surface area contributed by atoms with Gasteiger partial charge in [-0.3, -0.25) is 4.79 Å². The first kappa shape index (κ1) is 20.1. The van der Waals surface area contributed by atoms with E-state index in [-0.39, 0.29) is 11.6 Å². The summed E-state index contributed by atoms with van der Waals surface area (Å²) in [4.78, 5) is 35.9. The van der Waals surface area contributed by atoms with Crippen LogP contribution >= 0.6 is 11.8 Å². The summed E-state index contributed by atoms with van der Waals surface area (Å²) in [7, 11) is 0. The summed E-state index contributed by atoms with van der Waals surface area (Å²) in [5, 5.41) is 8.41. The lowest BCUT2D eigenvalue weighted by atomic mass is 10.0. The smallest absolute Gasteiger partial charge is 0.319 e. The molecule has 0 unspecified atom stereocenters. The number of amides is 2. The molecule has 160 valence electrons. The largest absolute Gasteiger partial charge is 0.338 e. The SMILES string of the molecule is CCNC(=O)Nc1cccc(Sc2nc3c4cc[nH]c(=O)c4c4cc(F)ccc4c3[nH]2)c1. The Morgan fingerprint density at radius 3 is 2.84 bits per heavy atom. The highest BCUT2D eigenvalue weighted by molar-refractivity contribution is 7.99. The molecule has 5 aromatic rings. The second kappa shape index (κ2) is 8.01. The number of pyridine rings is 1. The highest BCUT2D eigenvalue weighted by Crippen LogP contribution is 2.35. The second-order valence-electron chi connectivity index (χ2n) is 7.17. The van der Waals surface area contributed by atoms with E-state index in [4.69, 9.17) is 4.98 Å². The molecule has 0 spiro atoms. The molecule has 0 saturated heterocycles. The molecule has 0 fully saturated rings. The van der Waals surface area contributed by atoms with Crippen molar-refractivity contribution in [1.29, 1.82) is 0 Å². The van der Waals surface area contributed by atoms with Crippen molar-refractivity contribution in [3.8, 4) is 0 Å². The fourth-order valence-corrected chi connectivity index (χ4v) is 4.60. The van der Waals surface area contributed by atoms with Crippen molar-refractivity contribution in [2.45, 2.75) is 17.0 Å². The van der Waals surface area contributed by atoms with Crippen LogP contribution in [0, 0.1) is 5.82 Å². The third-order valence-electron chi connectivity index (χ3n) is 5.06. The molecule has 2 amide bonds. The highest BCUT2D eigenvalue weighted by atomic mass is 32.2. The first-order valence-corrected chi connectivity index (χ1v) is 10.8. The van der Waals surface area contributed by atoms with E-state index in [1.165, 1.54) is 23.9 Å². The topological polar surface area (TPSA) is 103 Å². The van der Waals surface area contributed by atoms with Gasteiger partial charge in [-0.1, -0.05) is 17.8 Å². The zero-order valence-electron chi connectivity index (χ0n) is 17.0. The van der Waals surface area contributed by atoms with Crippen LogP contribution in [0.2, 0.25) is 0 Å². The fourth-order valence-electron chi connectivity index (χ4n) is 3.76. The van der Waals surface area contributed by atoms with E-state index < -0.39 is 5.82 Å². The number of rotatable bonds is 4. The summed E-state index contributed by atoms with van der Waals surface area (Å²) in [6, 6.07) is 13.3. The number of nitrogens with one attached hydrogen (secondary N) is 4. The number of carbonyl (C=O) groups excluding carboxylic acids is 1. The molecule has 0 saturated carbocycles. The van der Waals surface area contributed by atoms with Crippen molar-refractivity contribution in [1.82, 2.24) is 20.3 Å². The third kappa shape index (κ3) is 3.56. The summed E-state index contributed by atoms with van der Waals surface area (Å²) in [6.45, 7) is 2.39. The fraction of sp³-hybridized carbons (Fsp3) is 0.0870. The van der Waals surface area contributed by atoms with Gasteiger partial charge in [0.05, 0.1) is 16.4 Å². The Labute approximate surface area is 185 Å². The van der Waals surface area contributed by atoms with Crippen molar-refractivity contribution in [3.05, 3.63) is 70.9 Å². The predicted octanol–water partition coefficient (Wildman–Crippen LogP) is 4.99. The van der Waals surface area contributed by atoms with Crippen molar-refractivity contribution >= 4 is 56.1 Å². The molecule has 0 radical (unpaired) electrons. The second-order valence-corrected chi connectivity index (χ2v) is 8.23. The van der Waals surface area contributed by atoms with Crippen LogP contribution in [0.25, 0.3) is 32.6 Å². The molecular formula is C23H18FN5O2S. The summed E-state index contributed by atoms with van der Waals surface area (Å²) < 4.78 is 14.0. The monoisotopic (exact) mass is 447 g/mol. The summed E-state index contributed by atoms with van der Waals surface area (Å²) in [5.41, 5.74) is 1.75. The third-order valence-corrected chi connectivity index (χ3v) is 5.94. The average Bonchev–Trinajstić information content (AvgIpc) is 3.18. The molecule has 0 aliphatic rings. The Hall–Kier alpha value is -3.85. The Kier molecular flexibility index (Phi) is 5.02. The number of halogens is 1. The number of aromatic amines is 2. The quantitative estimate of drug-likeness (QED) is 0.292. The average molecular weight is 447 g/mol. The number of anilines is 1. The maximum atomic E-state index is 14.0. The van der Waals surface area contributed by atoms with Crippen LogP contribution in [0.4, 0.5) is 14.9 Å². The lowest BCUT2D eigenvalue weighted by Crippen LogP contribution is -2.28. The van der Waals surface area contributed by atoms with Gasteiger partial charge in [0.15, 0.2) is 5.16 Å². The van der Waals surface area contributed by atoms with Gasteiger partial charge in [-0.2, -0.15) is 0 Å². The van der Waals surface area contributed by atoms with E-state index in [9.17, 15) is 14.0 Å². The normalized spacial score (nSPS) is 11.3. The Balaban J connectivity index is 1.61. The Bertz CT molecular complexity index is 1560. The number of benzene rings is 3. The van der Waals surface area contributed by atoms with Gasteiger partial charge in [-0.15, -0.1) is 0 Å². The summed E-state index contributed by atoms with van der Waals surface area (Å²) in [6.07, 6.45) is 1.56. The number of imidazole rings is 1. The highest BCUT2D eigenvalue weighted by Gasteiger charge is 2.16. The number of H-pyrrole nitrogens is 2. The van der Waals surface area contributed by atoms with Gasteiger partial charge in [0.2, 0.25) is 0 Å². The van der Waals surface area contributed by atoms with Crippen LogP contribution in [0.3, 0.4) is 0 Å². The van der Waals surface area contributed by atoms with E-state index in [0.29, 0.717) is 39.1 Å². The van der Waals surface area contributed by atoms with Gasteiger partial charge in [0, 0.05) is 39.5 Å². The van der Waals surface area contributed by atoms with Crippen LogP contribution in [-0.4, -0.2) is 27.5 Å². The summed E-state index contributed by atoms with van der Waals surface area (Å²) in [5.74, 6) is -0.410. The number of carbonyl (C=O) groups is 1. The van der Waals surface area contributed by atoms with E-state index in [2.05, 4.69) is 20.6 Å². The number of urea groups is 1. The lowest BCUT2D eigenvalue weighted by molar-refractivity contribution is 0.252. The number of aromatic nitrogens is 3. The van der Waals surface area contributed by atoms with Gasteiger partial charge in [-0.25, -0.2) is 14.2 Å². The molecular weight excluding hydrogens is 429 g/mol. The number of hydrogen-bond acceptors (Lipinski definition) is 4. The standard InChI is InChI=1S/C23H18FN5O2S/c1-2-25-22(31)27-13-4-3-5-14(11-13)32-23-28-19-15-7-6-12(24)10-17(15)18-16(20(19)29-23)8-9-26-21(18)30/h3-11H,2H2,1H3,(H,26,30)(H,28,29)(H2,25,27,31). The predicted molar refractivity (Wildman–Crippen MR) is 125 cm³/mol. The molecule has 4 N–H and O–H groups in total. The van der Waals surface area contributed by atoms with Crippen molar-refractivity contribution in [3.63, 3.8) is 0 Å². The van der Waals surface area contributed by atoms with E-state index in [1.807, 2.05) is 25.1 Å². The minimum atomic E-state index is -0.410. The van der Waals surface area contributed by atoms with E-state index >= 15 is 0 Å². The number of hydrogen-bond donors (Lipinski definition) is 4. The van der Waals surface area contributed by atoms with Crippen LogP contribution in [0.5, 0.6) is 0 Å².